The molecule has 10 nitrogen and oxygen atoms in total. The van der Waals surface area contributed by atoms with Crippen LogP contribution >= 0.6 is 0 Å². The van der Waals surface area contributed by atoms with Crippen LogP contribution in [0.5, 0.6) is 0 Å². The molecule has 1 amide bonds. The van der Waals surface area contributed by atoms with E-state index in [4.69, 9.17) is 11.5 Å². The molecule has 0 aliphatic heterocycles. The quantitative estimate of drug-likeness (QED) is 0.474. The van der Waals surface area contributed by atoms with Crippen molar-refractivity contribution in [3.8, 4) is 5.82 Å². The first-order valence-electron chi connectivity index (χ1n) is 8.47. The van der Waals surface area contributed by atoms with Gasteiger partial charge in [0.25, 0.3) is 5.91 Å². The van der Waals surface area contributed by atoms with Crippen LogP contribution in [0.25, 0.3) is 5.82 Å². The molecule has 0 unspecified atom stereocenters. The van der Waals surface area contributed by atoms with Gasteiger partial charge in [0.15, 0.2) is 17.5 Å². The maximum atomic E-state index is 14.4. The van der Waals surface area contributed by atoms with Gasteiger partial charge >= 0.3 is 0 Å². The van der Waals surface area contributed by atoms with E-state index in [9.17, 15) is 9.18 Å². The lowest BCUT2D eigenvalue weighted by Crippen LogP contribution is -2.35. The van der Waals surface area contributed by atoms with Crippen LogP contribution in [0.15, 0.2) is 36.8 Å². The first-order valence-corrected chi connectivity index (χ1v) is 8.47. The second-order valence-corrected chi connectivity index (χ2v) is 6.22. The van der Waals surface area contributed by atoms with Gasteiger partial charge < -0.3 is 22.1 Å². The molecule has 3 aromatic heterocycles. The Morgan fingerprint density at radius 3 is 2.54 bits per heavy atom. The Kier molecular flexibility index (Phi) is 5.45. The summed E-state index contributed by atoms with van der Waals surface area (Å²) in [5.41, 5.74) is 11.6. The number of halogens is 1. The minimum Gasteiger partial charge on any atom is -0.365 e. The lowest BCUT2D eigenvalue weighted by Gasteiger charge is -2.20. The second-order valence-electron chi connectivity index (χ2n) is 6.22. The Morgan fingerprint density at radius 2 is 1.89 bits per heavy atom. The molecule has 3 heterocycles. The number of carbonyl (C=O) groups excluding carboxylic acids is 1. The summed E-state index contributed by atoms with van der Waals surface area (Å²) in [7, 11) is 0. The third kappa shape index (κ3) is 4.20. The van der Waals surface area contributed by atoms with Crippen LogP contribution < -0.4 is 22.1 Å². The normalized spacial score (nSPS) is 13.0. The molecule has 0 radical (unpaired) electrons. The number of aromatic nitrogens is 5. The van der Waals surface area contributed by atoms with Gasteiger partial charge in [0.05, 0.1) is 18.0 Å². The van der Waals surface area contributed by atoms with Crippen molar-refractivity contribution in [3.05, 3.63) is 48.2 Å². The standard InChI is InChI=1S/C17H20FN9O/c1-9(19)10(2)24-17-13(18)8-12(15(20)28)16(26-17)25-11-3-4-21-14(7-11)27-22-5-6-23-27/h3-10H,19H2,1-2H3,(H2,20,28)(H2,21,24,25,26)/t9-,10+/m1/s1. The number of nitrogens with one attached hydrogen (secondary N) is 2. The summed E-state index contributed by atoms with van der Waals surface area (Å²) in [5, 5.41) is 13.9. The van der Waals surface area contributed by atoms with Gasteiger partial charge in [-0.1, -0.05) is 0 Å². The molecule has 0 aliphatic carbocycles. The number of hydrogen-bond acceptors (Lipinski definition) is 8. The van der Waals surface area contributed by atoms with Crippen LogP contribution in [0, 0.1) is 5.82 Å². The van der Waals surface area contributed by atoms with E-state index in [1.807, 2.05) is 0 Å². The monoisotopic (exact) mass is 385 g/mol. The lowest BCUT2D eigenvalue weighted by molar-refractivity contribution is 0.100. The molecule has 3 rings (SSSR count). The van der Waals surface area contributed by atoms with E-state index in [1.54, 1.807) is 26.0 Å². The summed E-state index contributed by atoms with van der Waals surface area (Å²) in [4.78, 5) is 21.4. The molecule has 0 fully saturated rings. The van der Waals surface area contributed by atoms with E-state index in [2.05, 4.69) is 30.8 Å². The average molecular weight is 385 g/mol. The predicted octanol–water partition coefficient (Wildman–Crippen LogP) is 1.19. The molecule has 0 saturated carbocycles. The van der Waals surface area contributed by atoms with E-state index < -0.39 is 11.7 Å². The Balaban J connectivity index is 1.96. The van der Waals surface area contributed by atoms with Crippen LogP contribution in [0.1, 0.15) is 24.2 Å². The van der Waals surface area contributed by atoms with Crippen molar-refractivity contribution in [2.24, 2.45) is 11.5 Å². The largest absolute Gasteiger partial charge is 0.365 e. The van der Waals surface area contributed by atoms with Crippen molar-refractivity contribution >= 4 is 23.2 Å². The van der Waals surface area contributed by atoms with Crippen molar-refractivity contribution in [1.29, 1.82) is 0 Å². The number of anilines is 3. The molecule has 2 atom stereocenters. The van der Waals surface area contributed by atoms with Gasteiger partial charge in [-0.15, -0.1) is 4.80 Å². The molecule has 28 heavy (non-hydrogen) atoms. The molecule has 0 aromatic carbocycles. The summed E-state index contributed by atoms with van der Waals surface area (Å²) in [6.45, 7) is 3.58. The molecule has 146 valence electrons. The number of rotatable bonds is 7. The minimum absolute atomic E-state index is 0.0414. The van der Waals surface area contributed by atoms with Crippen molar-refractivity contribution in [3.63, 3.8) is 0 Å². The van der Waals surface area contributed by atoms with Crippen LogP contribution in [-0.4, -0.2) is 43.0 Å². The molecule has 11 heteroatoms. The Bertz CT molecular complexity index is 975. The third-order valence-corrected chi connectivity index (χ3v) is 4.03. The highest BCUT2D eigenvalue weighted by Crippen LogP contribution is 2.24. The van der Waals surface area contributed by atoms with Crippen molar-refractivity contribution in [1.82, 2.24) is 25.0 Å². The van der Waals surface area contributed by atoms with Crippen molar-refractivity contribution < 1.29 is 9.18 Å². The van der Waals surface area contributed by atoms with Gasteiger partial charge in [0.1, 0.15) is 5.82 Å². The SMILES string of the molecule is C[C@H](Nc1nc(Nc2ccnc(-n3nccn3)c2)c(C(N)=O)cc1F)[C@@H](C)N. The molecule has 3 aromatic rings. The number of carbonyl (C=O) groups is 1. The zero-order valence-electron chi connectivity index (χ0n) is 15.3. The summed E-state index contributed by atoms with van der Waals surface area (Å²) in [6.07, 6.45) is 4.57. The average Bonchev–Trinajstić information content (AvgIpc) is 3.19. The third-order valence-electron chi connectivity index (χ3n) is 4.03. The van der Waals surface area contributed by atoms with Gasteiger partial charge in [-0.2, -0.15) is 10.2 Å². The van der Waals surface area contributed by atoms with Gasteiger partial charge in [0.2, 0.25) is 0 Å². The molecule has 0 aliphatic rings. The maximum Gasteiger partial charge on any atom is 0.252 e. The highest BCUT2D eigenvalue weighted by Gasteiger charge is 2.18. The molecule has 0 saturated heterocycles. The summed E-state index contributed by atoms with van der Waals surface area (Å²) in [6, 6.07) is 3.85. The number of hydrogen-bond donors (Lipinski definition) is 4. The number of primary amides is 1. The minimum atomic E-state index is -0.816. The van der Waals surface area contributed by atoms with Crippen molar-refractivity contribution in [2.75, 3.05) is 10.6 Å². The van der Waals surface area contributed by atoms with Crippen molar-refractivity contribution in [2.45, 2.75) is 25.9 Å². The fourth-order valence-corrected chi connectivity index (χ4v) is 2.30. The molecule has 0 spiro atoms. The Hall–Kier alpha value is -3.60. The smallest absolute Gasteiger partial charge is 0.252 e. The van der Waals surface area contributed by atoms with Gasteiger partial charge in [-0.05, 0) is 26.0 Å². The van der Waals surface area contributed by atoms with Crippen LogP contribution in [-0.2, 0) is 0 Å². The molecular weight excluding hydrogens is 365 g/mol. The van der Waals surface area contributed by atoms with Crippen LogP contribution in [0.4, 0.5) is 21.7 Å². The number of amides is 1. The van der Waals surface area contributed by atoms with E-state index in [0.29, 0.717) is 11.5 Å². The topological polar surface area (TPSA) is 150 Å². The zero-order valence-corrected chi connectivity index (χ0v) is 15.3. The van der Waals surface area contributed by atoms with Gasteiger partial charge in [0, 0.05) is 30.0 Å². The summed E-state index contributed by atoms with van der Waals surface area (Å²) in [5.74, 6) is -1.02. The Morgan fingerprint density at radius 1 is 1.18 bits per heavy atom. The van der Waals surface area contributed by atoms with E-state index in [1.165, 1.54) is 23.4 Å². The maximum absolute atomic E-state index is 14.4. The predicted molar refractivity (Wildman–Crippen MR) is 102 cm³/mol. The van der Waals surface area contributed by atoms with Crippen LogP contribution in [0.3, 0.4) is 0 Å². The number of pyridine rings is 2. The van der Waals surface area contributed by atoms with E-state index in [-0.39, 0.29) is 29.3 Å². The number of nitrogens with two attached hydrogens (primary N) is 2. The van der Waals surface area contributed by atoms with Gasteiger partial charge in [-0.25, -0.2) is 14.4 Å². The summed E-state index contributed by atoms with van der Waals surface area (Å²) >= 11 is 0. The van der Waals surface area contributed by atoms with Gasteiger partial charge in [-0.3, -0.25) is 4.79 Å². The Labute approximate surface area is 160 Å². The first kappa shape index (κ1) is 19.2. The van der Waals surface area contributed by atoms with E-state index in [0.717, 1.165) is 6.07 Å². The highest BCUT2D eigenvalue weighted by atomic mass is 19.1. The molecular formula is C17H20FN9O. The van der Waals surface area contributed by atoms with Crippen LogP contribution in [0.2, 0.25) is 0 Å². The first-order chi connectivity index (χ1) is 13.3. The fraction of sp³-hybridized carbons (Fsp3) is 0.235. The summed E-state index contributed by atoms with van der Waals surface area (Å²) < 4.78 is 14.4. The molecule has 0 bridgehead atoms. The molecule has 6 N–H and O–H groups in total. The zero-order chi connectivity index (χ0) is 20.3. The highest BCUT2D eigenvalue weighted by molar-refractivity contribution is 5.98. The second kappa shape index (κ2) is 7.96. The number of nitrogens with zero attached hydrogens (tertiary/aromatic N) is 5. The van der Waals surface area contributed by atoms with E-state index >= 15 is 0 Å². The fourth-order valence-electron chi connectivity index (χ4n) is 2.30. The lowest BCUT2D eigenvalue weighted by atomic mass is 10.2.